The molecule has 0 atom stereocenters. The maximum atomic E-state index is 11.2. The predicted octanol–water partition coefficient (Wildman–Crippen LogP) is 0.611. The number of carboxylic acids is 1. The van der Waals surface area contributed by atoms with Crippen LogP contribution in [-0.2, 0) is 13.0 Å². The Kier molecular flexibility index (Phi) is 2.56. The number of pyridine rings is 1. The molecule has 6 heteroatoms. The monoisotopic (exact) mass is 244 g/mol. The highest BCUT2D eigenvalue weighted by molar-refractivity contribution is 5.87. The number of hydrogen-bond donors (Lipinski definition) is 2. The molecule has 0 saturated heterocycles. The van der Waals surface area contributed by atoms with E-state index in [-0.39, 0.29) is 5.69 Å². The highest BCUT2D eigenvalue weighted by Crippen LogP contribution is 2.21. The van der Waals surface area contributed by atoms with Gasteiger partial charge in [-0.3, -0.25) is 0 Å². The number of hydrogen-bond acceptors (Lipinski definition) is 4. The molecule has 92 valence electrons. The predicted molar refractivity (Wildman–Crippen MR) is 63.7 cm³/mol. The van der Waals surface area contributed by atoms with Gasteiger partial charge in [-0.05, 0) is 12.1 Å². The highest BCUT2D eigenvalue weighted by atomic mass is 16.4. The number of aromatic nitrogens is 3. The maximum absolute atomic E-state index is 11.2. The van der Waals surface area contributed by atoms with Crippen molar-refractivity contribution < 1.29 is 9.90 Å². The Balaban J connectivity index is 2.18. The molecule has 3 rings (SSSR count). The first kappa shape index (κ1) is 10.9. The molecule has 0 amide bonds. The molecular weight excluding hydrogens is 232 g/mol. The minimum atomic E-state index is -0.996. The first-order valence-electron chi connectivity index (χ1n) is 5.73. The van der Waals surface area contributed by atoms with Crippen molar-refractivity contribution in [1.29, 1.82) is 0 Å². The summed E-state index contributed by atoms with van der Waals surface area (Å²) in [6.07, 6.45) is 2.43. The molecule has 3 heterocycles. The minimum Gasteiger partial charge on any atom is -0.476 e. The maximum Gasteiger partial charge on any atom is 0.356 e. The van der Waals surface area contributed by atoms with Crippen LogP contribution in [-0.4, -0.2) is 32.4 Å². The van der Waals surface area contributed by atoms with Crippen LogP contribution in [0.25, 0.3) is 5.82 Å². The lowest BCUT2D eigenvalue weighted by atomic mass is 10.1. The average molecular weight is 244 g/mol. The lowest BCUT2D eigenvalue weighted by Gasteiger charge is -2.14. The quantitative estimate of drug-likeness (QED) is 0.809. The second-order valence-corrected chi connectivity index (χ2v) is 4.11. The van der Waals surface area contributed by atoms with Crippen LogP contribution in [0.3, 0.4) is 0 Å². The summed E-state index contributed by atoms with van der Waals surface area (Å²) in [5.41, 5.74) is 1.81. The highest BCUT2D eigenvalue weighted by Gasteiger charge is 2.25. The number of rotatable bonds is 2. The fraction of sp³-hybridized carbons (Fsp3) is 0.250. The number of nitrogens with one attached hydrogen (secondary N) is 1. The molecule has 1 aliphatic rings. The number of carboxylic acid groups (broad SMARTS) is 1. The van der Waals surface area contributed by atoms with E-state index in [2.05, 4.69) is 15.4 Å². The molecule has 1 aliphatic heterocycles. The molecule has 2 aromatic rings. The van der Waals surface area contributed by atoms with Gasteiger partial charge in [0.1, 0.15) is 0 Å². The van der Waals surface area contributed by atoms with E-state index in [4.69, 9.17) is 0 Å². The van der Waals surface area contributed by atoms with E-state index in [1.54, 1.807) is 10.9 Å². The molecule has 6 nitrogen and oxygen atoms in total. The molecule has 0 bridgehead atoms. The Hall–Kier alpha value is -2.21. The molecule has 0 fully saturated rings. The van der Waals surface area contributed by atoms with Crippen molar-refractivity contribution in [3.05, 3.63) is 41.3 Å². The van der Waals surface area contributed by atoms with Gasteiger partial charge >= 0.3 is 5.97 Å². The average Bonchev–Trinajstić information content (AvgIpc) is 2.79. The Labute approximate surface area is 103 Å². The van der Waals surface area contributed by atoms with E-state index in [9.17, 15) is 9.90 Å². The van der Waals surface area contributed by atoms with Crippen molar-refractivity contribution in [2.24, 2.45) is 0 Å². The van der Waals surface area contributed by atoms with Gasteiger partial charge in [0.05, 0.1) is 5.69 Å². The molecule has 0 radical (unpaired) electrons. The van der Waals surface area contributed by atoms with Gasteiger partial charge in [0.25, 0.3) is 0 Å². The fourth-order valence-corrected chi connectivity index (χ4v) is 2.19. The van der Waals surface area contributed by atoms with Gasteiger partial charge in [-0.1, -0.05) is 6.07 Å². The normalized spacial score (nSPS) is 14.2. The molecule has 0 saturated carbocycles. The molecule has 2 N–H and O–H groups in total. The molecule has 0 aliphatic carbocycles. The van der Waals surface area contributed by atoms with E-state index in [0.29, 0.717) is 12.4 Å². The summed E-state index contributed by atoms with van der Waals surface area (Å²) >= 11 is 0. The Morgan fingerprint density at radius 3 is 3.06 bits per heavy atom. The van der Waals surface area contributed by atoms with Gasteiger partial charge in [-0.25, -0.2) is 14.5 Å². The van der Waals surface area contributed by atoms with Gasteiger partial charge in [-0.15, -0.1) is 0 Å². The van der Waals surface area contributed by atoms with Crippen molar-refractivity contribution in [1.82, 2.24) is 20.1 Å². The van der Waals surface area contributed by atoms with Crippen LogP contribution >= 0.6 is 0 Å². The smallest absolute Gasteiger partial charge is 0.356 e. The lowest BCUT2D eigenvalue weighted by molar-refractivity contribution is 0.0688. The third-order valence-electron chi connectivity index (χ3n) is 3.00. The summed E-state index contributed by atoms with van der Waals surface area (Å²) in [7, 11) is 0. The minimum absolute atomic E-state index is 0.114. The largest absolute Gasteiger partial charge is 0.476 e. The van der Waals surface area contributed by atoms with E-state index in [0.717, 1.165) is 24.2 Å². The third kappa shape index (κ3) is 1.67. The Morgan fingerprint density at radius 2 is 2.33 bits per heavy atom. The number of fused-ring (bicyclic) bond motifs is 1. The van der Waals surface area contributed by atoms with E-state index in [1.165, 1.54) is 0 Å². The molecule has 0 unspecified atom stereocenters. The third-order valence-corrected chi connectivity index (χ3v) is 3.00. The van der Waals surface area contributed by atoms with Crippen molar-refractivity contribution in [3.8, 4) is 5.82 Å². The van der Waals surface area contributed by atoms with Crippen LogP contribution in [0.2, 0.25) is 0 Å². The number of nitrogens with zero attached hydrogens (tertiary/aromatic N) is 3. The number of aromatic carboxylic acids is 1. The summed E-state index contributed by atoms with van der Waals surface area (Å²) in [6.45, 7) is 1.37. The Bertz CT molecular complexity index is 592. The SMILES string of the molecule is O=C(O)c1nn(-c2ccccn2)c2c1CNCC2. The second-order valence-electron chi connectivity index (χ2n) is 4.11. The molecule has 0 aromatic carbocycles. The zero-order chi connectivity index (χ0) is 12.5. The number of carbonyl (C=O) groups is 1. The van der Waals surface area contributed by atoms with Crippen LogP contribution in [0.15, 0.2) is 24.4 Å². The standard InChI is InChI=1S/C12H12N4O2/c17-12(18)11-8-7-13-6-4-9(8)16(15-11)10-3-1-2-5-14-10/h1-3,5,13H,4,6-7H2,(H,17,18). The zero-order valence-electron chi connectivity index (χ0n) is 9.63. The lowest BCUT2D eigenvalue weighted by Crippen LogP contribution is -2.25. The van der Waals surface area contributed by atoms with Gasteiger partial charge in [-0.2, -0.15) is 5.10 Å². The van der Waals surface area contributed by atoms with Gasteiger partial charge in [0, 0.05) is 31.3 Å². The van der Waals surface area contributed by atoms with Crippen LogP contribution in [0.1, 0.15) is 21.7 Å². The van der Waals surface area contributed by atoms with Crippen molar-refractivity contribution >= 4 is 5.97 Å². The van der Waals surface area contributed by atoms with Crippen LogP contribution < -0.4 is 5.32 Å². The van der Waals surface area contributed by atoms with Crippen molar-refractivity contribution in [3.63, 3.8) is 0 Å². The summed E-state index contributed by atoms with van der Waals surface area (Å²) in [5, 5.41) is 16.5. The first-order valence-corrected chi connectivity index (χ1v) is 5.73. The summed E-state index contributed by atoms with van der Waals surface area (Å²) in [4.78, 5) is 15.4. The van der Waals surface area contributed by atoms with Crippen molar-refractivity contribution in [2.75, 3.05) is 6.54 Å². The molecule has 0 spiro atoms. The summed E-state index contributed by atoms with van der Waals surface area (Å²) < 4.78 is 1.64. The Morgan fingerprint density at radius 1 is 1.44 bits per heavy atom. The van der Waals surface area contributed by atoms with E-state index >= 15 is 0 Å². The summed E-state index contributed by atoms with van der Waals surface area (Å²) in [6, 6.07) is 5.50. The van der Waals surface area contributed by atoms with Crippen LogP contribution in [0, 0.1) is 0 Å². The van der Waals surface area contributed by atoms with E-state index in [1.807, 2.05) is 18.2 Å². The molecular formula is C12H12N4O2. The van der Waals surface area contributed by atoms with Gasteiger partial charge < -0.3 is 10.4 Å². The van der Waals surface area contributed by atoms with Gasteiger partial charge in [0.15, 0.2) is 11.5 Å². The summed E-state index contributed by atoms with van der Waals surface area (Å²) in [5.74, 6) is -0.340. The fourth-order valence-electron chi connectivity index (χ4n) is 2.19. The zero-order valence-corrected chi connectivity index (χ0v) is 9.63. The molecule has 2 aromatic heterocycles. The van der Waals surface area contributed by atoms with Crippen molar-refractivity contribution in [2.45, 2.75) is 13.0 Å². The van der Waals surface area contributed by atoms with Crippen LogP contribution in [0.4, 0.5) is 0 Å². The molecule has 18 heavy (non-hydrogen) atoms. The topological polar surface area (TPSA) is 80.0 Å². The van der Waals surface area contributed by atoms with E-state index < -0.39 is 5.97 Å². The first-order chi connectivity index (χ1) is 8.77. The second kappa shape index (κ2) is 4.23. The van der Waals surface area contributed by atoms with Gasteiger partial charge in [0.2, 0.25) is 0 Å². The van der Waals surface area contributed by atoms with Crippen LogP contribution in [0.5, 0.6) is 0 Å².